The van der Waals surface area contributed by atoms with E-state index in [4.69, 9.17) is 19.2 Å². The molecule has 2 aromatic carbocycles. The maximum atomic E-state index is 13.6. The number of nitrogens with zero attached hydrogens (tertiary/aromatic N) is 3. The second kappa shape index (κ2) is 10.9. The molecule has 1 unspecified atom stereocenters. The SMILES string of the molecule is COCCN(C(C)c1nc2ccccc2c(=O)n1CCOC)S(=O)(=O)c1ccc(OC)cc1. The van der Waals surface area contributed by atoms with Crippen molar-refractivity contribution < 1.29 is 22.6 Å². The molecule has 0 amide bonds. The first-order chi connectivity index (χ1) is 15.8. The van der Waals surface area contributed by atoms with Crippen molar-refractivity contribution in [2.24, 2.45) is 0 Å². The van der Waals surface area contributed by atoms with E-state index < -0.39 is 16.1 Å². The van der Waals surface area contributed by atoms with Crippen LogP contribution in [0.15, 0.2) is 58.2 Å². The highest BCUT2D eigenvalue weighted by molar-refractivity contribution is 7.89. The van der Waals surface area contributed by atoms with Crippen LogP contribution in [0.2, 0.25) is 0 Å². The molecule has 0 aliphatic rings. The summed E-state index contributed by atoms with van der Waals surface area (Å²) in [6.45, 7) is 2.50. The molecule has 0 fully saturated rings. The molecule has 0 aliphatic carbocycles. The molecule has 0 spiro atoms. The van der Waals surface area contributed by atoms with Gasteiger partial charge in [-0.3, -0.25) is 9.36 Å². The van der Waals surface area contributed by atoms with E-state index in [0.29, 0.717) is 22.5 Å². The van der Waals surface area contributed by atoms with Crippen molar-refractivity contribution in [3.63, 3.8) is 0 Å². The van der Waals surface area contributed by atoms with Crippen LogP contribution in [-0.2, 0) is 26.0 Å². The predicted molar refractivity (Wildman–Crippen MR) is 125 cm³/mol. The van der Waals surface area contributed by atoms with Crippen LogP contribution in [-0.4, -0.2) is 63.4 Å². The van der Waals surface area contributed by atoms with Gasteiger partial charge >= 0.3 is 0 Å². The number of aromatic nitrogens is 2. The fourth-order valence-electron chi connectivity index (χ4n) is 3.62. The first-order valence-electron chi connectivity index (χ1n) is 10.5. The zero-order chi connectivity index (χ0) is 24.0. The third-order valence-corrected chi connectivity index (χ3v) is 7.38. The molecule has 3 rings (SSSR count). The number of fused-ring (bicyclic) bond motifs is 1. The second-order valence-electron chi connectivity index (χ2n) is 7.40. The van der Waals surface area contributed by atoms with E-state index in [0.717, 1.165) is 0 Å². The number of hydrogen-bond acceptors (Lipinski definition) is 7. The summed E-state index contributed by atoms with van der Waals surface area (Å²) in [6, 6.07) is 12.4. The fourth-order valence-corrected chi connectivity index (χ4v) is 5.19. The Balaban J connectivity index is 2.14. The number of methoxy groups -OCH3 is 3. The quantitative estimate of drug-likeness (QED) is 0.420. The van der Waals surface area contributed by atoms with Gasteiger partial charge in [0.2, 0.25) is 10.0 Å². The Labute approximate surface area is 193 Å². The van der Waals surface area contributed by atoms with E-state index in [1.54, 1.807) is 50.4 Å². The minimum atomic E-state index is -3.94. The largest absolute Gasteiger partial charge is 0.497 e. The van der Waals surface area contributed by atoms with Crippen LogP contribution in [0.3, 0.4) is 0 Å². The van der Waals surface area contributed by atoms with E-state index in [1.807, 2.05) is 0 Å². The Morgan fingerprint density at radius 1 is 1.00 bits per heavy atom. The predicted octanol–water partition coefficient (Wildman–Crippen LogP) is 2.45. The van der Waals surface area contributed by atoms with E-state index >= 15 is 0 Å². The average Bonchev–Trinajstić information content (AvgIpc) is 2.83. The van der Waals surface area contributed by atoms with E-state index in [1.165, 1.54) is 35.2 Å². The number of para-hydroxylation sites is 1. The molecule has 1 atom stereocenters. The third-order valence-electron chi connectivity index (χ3n) is 5.40. The Hall–Kier alpha value is -2.79. The van der Waals surface area contributed by atoms with Crippen molar-refractivity contribution in [3.8, 4) is 5.75 Å². The normalized spacial score (nSPS) is 12.9. The average molecular weight is 476 g/mol. The molecule has 0 bridgehead atoms. The van der Waals surface area contributed by atoms with Gasteiger partial charge in [-0.15, -0.1) is 0 Å². The van der Waals surface area contributed by atoms with Gasteiger partial charge in [-0.2, -0.15) is 4.31 Å². The Bertz CT molecular complexity index is 1240. The van der Waals surface area contributed by atoms with Gasteiger partial charge in [-0.1, -0.05) is 12.1 Å². The zero-order valence-corrected chi connectivity index (χ0v) is 20.0. The van der Waals surface area contributed by atoms with Gasteiger partial charge in [-0.05, 0) is 43.3 Å². The van der Waals surface area contributed by atoms with Crippen LogP contribution >= 0.6 is 0 Å². The van der Waals surface area contributed by atoms with Crippen molar-refractivity contribution in [2.75, 3.05) is 41.1 Å². The Morgan fingerprint density at radius 3 is 2.30 bits per heavy atom. The summed E-state index contributed by atoms with van der Waals surface area (Å²) < 4.78 is 45.5. The van der Waals surface area contributed by atoms with Crippen molar-refractivity contribution >= 4 is 20.9 Å². The molecular formula is C23H29N3O6S. The van der Waals surface area contributed by atoms with Crippen LogP contribution in [0.4, 0.5) is 0 Å². The van der Waals surface area contributed by atoms with Gasteiger partial charge in [0.05, 0.1) is 48.7 Å². The lowest BCUT2D eigenvalue weighted by molar-refractivity contribution is 0.163. The lowest BCUT2D eigenvalue weighted by atomic mass is 10.2. The summed E-state index contributed by atoms with van der Waals surface area (Å²) in [5.74, 6) is 0.888. The molecule has 0 aliphatic heterocycles. The van der Waals surface area contributed by atoms with Crippen molar-refractivity contribution in [2.45, 2.75) is 24.4 Å². The van der Waals surface area contributed by atoms with E-state index in [9.17, 15) is 13.2 Å². The number of benzene rings is 2. The molecule has 33 heavy (non-hydrogen) atoms. The number of ether oxygens (including phenoxy) is 3. The standard InChI is InChI=1S/C23H29N3O6S/c1-17(22-24-21-8-6-5-7-20(21)23(27)25(22)13-15-30-2)26(14-16-31-3)33(28,29)19-11-9-18(32-4)10-12-19/h5-12,17H,13-16H2,1-4H3. The van der Waals surface area contributed by atoms with Gasteiger partial charge < -0.3 is 14.2 Å². The lowest BCUT2D eigenvalue weighted by Gasteiger charge is -2.29. The zero-order valence-electron chi connectivity index (χ0n) is 19.2. The first-order valence-corrected chi connectivity index (χ1v) is 11.9. The molecule has 9 nitrogen and oxygen atoms in total. The highest BCUT2D eigenvalue weighted by Crippen LogP contribution is 2.28. The summed E-state index contributed by atoms with van der Waals surface area (Å²) in [7, 11) is 0.626. The minimum Gasteiger partial charge on any atom is -0.497 e. The molecule has 0 radical (unpaired) electrons. The number of sulfonamides is 1. The molecule has 10 heteroatoms. The van der Waals surface area contributed by atoms with Crippen LogP contribution < -0.4 is 10.3 Å². The lowest BCUT2D eigenvalue weighted by Crippen LogP contribution is -2.39. The van der Waals surface area contributed by atoms with Gasteiger partial charge in [0.15, 0.2) is 0 Å². The molecule has 3 aromatic rings. The number of rotatable bonds is 11. The van der Waals surface area contributed by atoms with Crippen LogP contribution in [0.1, 0.15) is 18.8 Å². The van der Waals surface area contributed by atoms with E-state index in [2.05, 4.69) is 0 Å². The summed E-state index contributed by atoms with van der Waals surface area (Å²) >= 11 is 0. The van der Waals surface area contributed by atoms with Crippen LogP contribution in [0.5, 0.6) is 5.75 Å². The highest BCUT2D eigenvalue weighted by Gasteiger charge is 2.32. The first kappa shape index (κ1) is 24.8. The molecule has 178 valence electrons. The number of hydrogen-bond donors (Lipinski definition) is 0. The Morgan fingerprint density at radius 2 is 1.67 bits per heavy atom. The Kier molecular flexibility index (Phi) is 8.20. The van der Waals surface area contributed by atoms with Gasteiger partial charge in [0, 0.05) is 20.8 Å². The maximum Gasteiger partial charge on any atom is 0.261 e. The summed E-state index contributed by atoms with van der Waals surface area (Å²) in [5.41, 5.74) is 0.264. The topological polar surface area (TPSA) is 100.0 Å². The monoisotopic (exact) mass is 475 g/mol. The third kappa shape index (κ3) is 5.25. The summed E-state index contributed by atoms with van der Waals surface area (Å²) in [4.78, 5) is 18.0. The van der Waals surface area contributed by atoms with Gasteiger partial charge in [0.1, 0.15) is 11.6 Å². The second-order valence-corrected chi connectivity index (χ2v) is 9.29. The minimum absolute atomic E-state index is 0.0823. The summed E-state index contributed by atoms with van der Waals surface area (Å²) in [5, 5.41) is 0.464. The molecule has 0 saturated carbocycles. The fraction of sp³-hybridized carbons (Fsp3) is 0.391. The van der Waals surface area contributed by atoms with Gasteiger partial charge in [-0.25, -0.2) is 13.4 Å². The highest BCUT2D eigenvalue weighted by atomic mass is 32.2. The van der Waals surface area contributed by atoms with Crippen molar-refractivity contribution in [3.05, 3.63) is 64.7 Å². The van der Waals surface area contributed by atoms with Crippen molar-refractivity contribution in [1.29, 1.82) is 0 Å². The molecule has 1 aromatic heterocycles. The molecule has 0 saturated heterocycles. The maximum absolute atomic E-state index is 13.6. The molecular weight excluding hydrogens is 446 g/mol. The summed E-state index contributed by atoms with van der Waals surface area (Å²) in [6.07, 6.45) is 0. The molecule has 0 N–H and O–H groups in total. The van der Waals surface area contributed by atoms with Crippen molar-refractivity contribution in [1.82, 2.24) is 13.9 Å². The van der Waals surface area contributed by atoms with Gasteiger partial charge in [0.25, 0.3) is 5.56 Å². The smallest absolute Gasteiger partial charge is 0.261 e. The van der Waals surface area contributed by atoms with Crippen LogP contribution in [0, 0.1) is 0 Å². The molecule has 1 heterocycles. The van der Waals surface area contributed by atoms with E-state index in [-0.39, 0.29) is 36.8 Å². The van der Waals surface area contributed by atoms with Crippen LogP contribution in [0.25, 0.3) is 10.9 Å².